The highest BCUT2D eigenvalue weighted by atomic mass is 16.1. The molecule has 2 heterocycles. The molecular weight excluding hydrogens is 264 g/mol. The maximum absolute atomic E-state index is 11.7. The number of aromatic nitrogens is 2. The van der Waals surface area contributed by atoms with Crippen molar-refractivity contribution in [3.05, 3.63) is 30.6 Å². The van der Waals surface area contributed by atoms with Gasteiger partial charge in [-0.15, -0.1) is 0 Å². The second-order valence-corrected chi connectivity index (χ2v) is 5.96. The Morgan fingerprint density at radius 3 is 2.86 bits per heavy atom. The number of amides is 1. The van der Waals surface area contributed by atoms with Gasteiger partial charge in [0, 0.05) is 17.8 Å². The van der Waals surface area contributed by atoms with E-state index in [1.54, 1.807) is 6.33 Å². The van der Waals surface area contributed by atoms with E-state index >= 15 is 0 Å². The predicted molar refractivity (Wildman–Crippen MR) is 80.8 cm³/mol. The third kappa shape index (κ3) is 2.44. The minimum Gasteiger partial charge on any atom is -0.365 e. The number of rotatable bonds is 3. The summed E-state index contributed by atoms with van der Waals surface area (Å²) in [7, 11) is 0. The van der Waals surface area contributed by atoms with E-state index in [2.05, 4.69) is 20.6 Å². The third-order valence-electron chi connectivity index (χ3n) is 4.44. The van der Waals surface area contributed by atoms with Crippen molar-refractivity contribution in [3.63, 3.8) is 0 Å². The van der Waals surface area contributed by atoms with Gasteiger partial charge in [-0.05, 0) is 37.3 Å². The molecule has 1 amide bonds. The van der Waals surface area contributed by atoms with Gasteiger partial charge >= 0.3 is 0 Å². The molecule has 2 aromatic rings. The monoisotopic (exact) mass is 282 g/mol. The number of fused-ring (bicyclic) bond motifs is 1. The van der Waals surface area contributed by atoms with E-state index in [9.17, 15) is 4.79 Å². The molecule has 5 heteroatoms. The minimum absolute atomic E-state index is 0.178. The highest BCUT2D eigenvalue weighted by molar-refractivity contribution is 5.89. The van der Waals surface area contributed by atoms with Crippen molar-refractivity contribution < 1.29 is 4.79 Å². The van der Waals surface area contributed by atoms with E-state index in [1.165, 1.54) is 12.8 Å². The van der Waals surface area contributed by atoms with Crippen LogP contribution in [0.3, 0.4) is 0 Å². The van der Waals surface area contributed by atoms with Crippen molar-refractivity contribution in [2.75, 3.05) is 5.32 Å². The molecule has 1 saturated carbocycles. The average molecular weight is 282 g/mol. The van der Waals surface area contributed by atoms with E-state index in [1.807, 2.05) is 24.3 Å². The number of nitrogens with one attached hydrogen (secondary N) is 2. The van der Waals surface area contributed by atoms with Gasteiger partial charge in [-0.2, -0.15) is 0 Å². The standard InChI is InChI=1S/C16H18N4O/c21-14-8-7-13(15(20-14)10-5-6-10)19-16-11-3-1-2-4-12(11)17-9-18-16/h1-4,9-10,13,15H,5-8H2,(H,20,21)(H,17,18,19)/t13-,15+/m0/s1. The molecule has 1 aliphatic carbocycles. The van der Waals surface area contributed by atoms with E-state index in [0.29, 0.717) is 12.3 Å². The fourth-order valence-electron chi connectivity index (χ4n) is 3.18. The highest BCUT2D eigenvalue weighted by Crippen LogP contribution is 2.37. The second-order valence-electron chi connectivity index (χ2n) is 5.96. The summed E-state index contributed by atoms with van der Waals surface area (Å²) in [6, 6.07) is 8.49. The number of carbonyl (C=O) groups is 1. The van der Waals surface area contributed by atoms with Gasteiger partial charge in [0.05, 0.1) is 11.6 Å². The quantitative estimate of drug-likeness (QED) is 0.904. The number of hydrogen-bond acceptors (Lipinski definition) is 4. The van der Waals surface area contributed by atoms with Crippen LogP contribution in [0, 0.1) is 5.92 Å². The topological polar surface area (TPSA) is 66.9 Å². The molecule has 0 unspecified atom stereocenters. The minimum atomic E-state index is 0.178. The Morgan fingerprint density at radius 2 is 2.00 bits per heavy atom. The first kappa shape index (κ1) is 12.6. The first-order chi connectivity index (χ1) is 10.3. The van der Waals surface area contributed by atoms with Gasteiger partial charge in [-0.25, -0.2) is 9.97 Å². The largest absolute Gasteiger partial charge is 0.365 e. The maximum atomic E-state index is 11.7. The molecule has 4 rings (SSSR count). The summed E-state index contributed by atoms with van der Waals surface area (Å²) in [5.74, 6) is 1.67. The highest BCUT2D eigenvalue weighted by Gasteiger charge is 2.40. The lowest BCUT2D eigenvalue weighted by atomic mass is 9.94. The first-order valence-electron chi connectivity index (χ1n) is 7.57. The number of para-hydroxylation sites is 1. The average Bonchev–Trinajstić information content (AvgIpc) is 3.34. The number of hydrogen-bond donors (Lipinski definition) is 2. The van der Waals surface area contributed by atoms with Crippen LogP contribution < -0.4 is 10.6 Å². The molecule has 2 N–H and O–H groups in total. The molecule has 1 aromatic heterocycles. The van der Waals surface area contributed by atoms with Crippen LogP contribution in [0.5, 0.6) is 0 Å². The van der Waals surface area contributed by atoms with Gasteiger partial charge in [-0.3, -0.25) is 4.79 Å². The van der Waals surface area contributed by atoms with Crippen LogP contribution in [-0.2, 0) is 4.79 Å². The molecule has 2 atom stereocenters. The van der Waals surface area contributed by atoms with Gasteiger partial charge in [0.1, 0.15) is 12.1 Å². The Kier molecular flexibility index (Phi) is 2.98. The normalized spacial score (nSPS) is 25.6. The number of carbonyl (C=O) groups excluding carboxylic acids is 1. The zero-order chi connectivity index (χ0) is 14.2. The molecule has 0 radical (unpaired) electrons. The van der Waals surface area contributed by atoms with Gasteiger partial charge in [0.25, 0.3) is 0 Å². The lowest BCUT2D eigenvalue weighted by Crippen LogP contribution is -2.52. The molecule has 0 bridgehead atoms. The van der Waals surface area contributed by atoms with Crippen molar-refractivity contribution >= 4 is 22.6 Å². The van der Waals surface area contributed by atoms with E-state index in [-0.39, 0.29) is 18.0 Å². The van der Waals surface area contributed by atoms with Crippen LogP contribution in [-0.4, -0.2) is 28.0 Å². The van der Waals surface area contributed by atoms with Crippen molar-refractivity contribution in [2.24, 2.45) is 5.92 Å². The van der Waals surface area contributed by atoms with Crippen molar-refractivity contribution in [2.45, 2.75) is 37.8 Å². The van der Waals surface area contributed by atoms with Crippen LogP contribution in [0.15, 0.2) is 30.6 Å². The Labute approximate surface area is 123 Å². The second kappa shape index (κ2) is 4.98. The number of nitrogens with zero attached hydrogens (tertiary/aromatic N) is 2. The Hall–Kier alpha value is -2.17. The van der Waals surface area contributed by atoms with Crippen molar-refractivity contribution in [1.29, 1.82) is 0 Å². The molecule has 1 aromatic carbocycles. The molecule has 2 fully saturated rings. The Balaban J connectivity index is 1.62. The van der Waals surface area contributed by atoms with Gasteiger partial charge in [0.15, 0.2) is 0 Å². The molecular formula is C16H18N4O. The number of benzene rings is 1. The maximum Gasteiger partial charge on any atom is 0.220 e. The number of piperidine rings is 1. The molecule has 5 nitrogen and oxygen atoms in total. The number of anilines is 1. The molecule has 21 heavy (non-hydrogen) atoms. The summed E-state index contributed by atoms with van der Waals surface area (Å²) < 4.78 is 0. The van der Waals surface area contributed by atoms with E-state index < -0.39 is 0 Å². The molecule has 1 saturated heterocycles. The van der Waals surface area contributed by atoms with Gasteiger partial charge < -0.3 is 10.6 Å². The van der Waals surface area contributed by atoms with E-state index in [0.717, 1.165) is 23.1 Å². The van der Waals surface area contributed by atoms with Gasteiger partial charge in [-0.1, -0.05) is 12.1 Å². The summed E-state index contributed by atoms with van der Waals surface area (Å²) in [4.78, 5) is 20.3. The molecule has 1 aliphatic heterocycles. The zero-order valence-electron chi connectivity index (χ0n) is 11.7. The summed E-state index contributed by atoms with van der Waals surface area (Å²) in [6.45, 7) is 0. The SMILES string of the molecule is O=C1CC[C@H](Nc2ncnc3ccccc23)[C@@H](C2CC2)N1. The molecule has 2 aliphatic rings. The van der Waals surface area contributed by atoms with Crippen LogP contribution >= 0.6 is 0 Å². The molecule has 0 spiro atoms. The van der Waals surface area contributed by atoms with Crippen LogP contribution in [0.2, 0.25) is 0 Å². The first-order valence-corrected chi connectivity index (χ1v) is 7.57. The lowest BCUT2D eigenvalue weighted by Gasteiger charge is -2.33. The van der Waals surface area contributed by atoms with Crippen LogP contribution in [0.1, 0.15) is 25.7 Å². The van der Waals surface area contributed by atoms with Crippen molar-refractivity contribution in [3.8, 4) is 0 Å². The summed E-state index contributed by atoms with van der Waals surface area (Å²) in [5, 5.41) is 7.74. The lowest BCUT2D eigenvalue weighted by molar-refractivity contribution is -0.123. The van der Waals surface area contributed by atoms with Crippen molar-refractivity contribution in [1.82, 2.24) is 15.3 Å². The fraction of sp³-hybridized carbons (Fsp3) is 0.438. The predicted octanol–water partition coefficient (Wildman–Crippen LogP) is 2.10. The Morgan fingerprint density at radius 1 is 1.14 bits per heavy atom. The fourth-order valence-corrected chi connectivity index (χ4v) is 3.18. The summed E-state index contributed by atoms with van der Waals surface area (Å²) in [6.07, 6.45) is 5.48. The third-order valence-corrected chi connectivity index (χ3v) is 4.44. The summed E-state index contributed by atoms with van der Waals surface area (Å²) in [5.41, 5.74) is 0.942. The summed E-state index contributed by atoms with van der Waals surface area (Å²) >= 11 is 0. The smallest absolute Gasteiger partial charge is 0.220 e. The van der Waals surface area contributed by atoms with E-state index in [4.69, 9.17) is 0 Å². The van der Waals surface area contributed by atoms with Crippen LogP contribution in [0.25, 0.3) is 10.9 Å². The zero-order valence-corrected chi connectivity index (χ0v) is 11.7. The van der Waals surface area contributed by atoms with Crippen LogP contribution in [0.4, 0.5) is 5.82 Å². The van der Waals surface area contributed by atoms with Gasteiger partial charge in [0.2, 0.25) is 5.91 Å². The molecule has 108 valence electrons. The Bertz CT molecular complexity index is 678.